The van der Waals surface area contributed by atoms with Crippen molar-refractivity contribution in [1.82, 2.24) is 15.1 Å². The molecule has 1 heterocycles. The van der Waals surface area contributed by atoms with Crippen molar-refractivity contribution in [2.75, 3.05) is 6.54 Å². The highest BCUT2D eigenvalue weighted by atomic mass is 19.1. The number of benzene rings is 1. The summed E-state index contributed by atoms with van der Waals surface area (Å²) in [7, 11) is 0. The van der Waals surface area contributed by atoms with E-state index in [0.717, 1.165) is 17.8 Å². The van der Waals surface area contributed by atoms with Crippen LogP contribution in [-0.2, 0) is 13.0 Å². The van der Waals surface area contributed by atoms with Gasteiger partial charge in [-0.3, -0.25) is 4.68 Å². The number of rotatable bonds is 6. The molecule has 0 amide bonds. The summed E-state index contributed by atoms with van der Waals surface area (Å²) in [5, 5.41) is 7.74. The maximum atomic E-state index is 13.4. The lowest BCUT2D eigenvalue weighted by Gasteiger charge is -2.05. The molecule has 0 saturated heterocycles. The summed E-state index contributed by atoms with van der Waals surface area (Å²) in [4.78, 5) is 0. The second-order valence-electron chi connectivity index (χ2n) is 4.90. The molecule has 0 fully saturated rings. The first-order valence-corrected chi connectivity index (χ1v) is 6.65. The second-order valence-corrected chi connectivity index (χ2v) is 4.90. The van der Waals surface area contributed by atoms with Gasteiger partial charge in [0.1, 0.15) is 5.82 Å². The molecule has 0 saturated carbocycles. The molecule has 19 heavy (non-hydrogen) atoms. The van der Waals surface area contributed by atoms with Crippen molar-refractivity contribution in [2.24, 2.45) is 0 Å². The van der Waals surface area contributed by atoms with Crippen molar-refractivity contribution in [3.8, 4) is 0 Å². The third-order valence-corrected chi connectivity index (χ3v) is 3.03. The van der Waals surface area contributed by atoms with Crippen molar-refractivity contribution in [1.29, 1.82) is 0 Å². The Morgan fingerprint density at radius 2 is 2.05 bits per heavy atom. The van der Waals surface area contributed by atoms with Crippen LogP contribution in [0.15, 0.2) is 36.5 Å². The smallest absolute Gasteiger partial charge is 0.126 e. The first-order chi connectivity index (χ1) is 9.16. The fourth-order valence-corrected chi connectivity index (χ4v) is 1.90. The summed E-state index contributed by atoms with van der Waals surface area (Å²) in [6.07, 6.45) is 2.68. The van der Waals surface area contributed by atoms with Crippen LogP contribution in [0.25, 0.3) is 0 Å². The first-order valence-electron chi connectivity index (χ1n) is 6.65. The Kier molecular flexibility index (Phi) is 4.68. The average Bonchev–Trinajstić information content (AvgIpc) is 2.85. The summed E-state index contributed by atoms with van der Waals surface area (Å²) < 4.78 is 15.3. The largest absolute Gasteiger partial charge is 0.311 e. The number of aromatic nitrogens is 2. The fraction of sp³-hybridized carbons (Fsp3) is 0.400. The highest BCUT2D eigenvalue weighted by molar-refractivity contribution is 5.17. The Hall–Kier alpha value is -1.68. The molecular weight excluding hydrogens is 241 g/mol. The van der Waals surface area contributed by atoms with Crippen LogP contribution in [0.5, 0.6) is 0 Å². The van der Waals surface area contributed by atoms with E-state index in [4.69, 9.17) is 0 Å². The molecule has 0 atom stereocenters. The van der Waals surface area contributed by atoms with Gasteiger partial charge in [-0.15, -0.1) is 0 Å². The molecule has 0 aliphatic rings. The van der Waals surface area contributed by atoms with Crippen LogP contribution in [0, 0.1) is 5.82 Å². The third kappa shape index (κ3) is 3.89. The predicted octanol–water partition coefficient (Wildman–Crippen LogP) is 2.94. The normalized spacial score (nSPS) is 11.2. The van der Waals surface area contributed by atoms with Gasteiger partial charge in [-0.05, 0) is 44.5 Å². The minimum Gasteiger partial charge on any atom is -0.311 e. The molecule has 1 N–H and O–H groups in total. The van der Waals surface area contributed by atoms with Crippen LogP contribution < -0.4 is 5.32 Å². The van der Waals surface area contributed by atoms with Gasteiger partial charge in [0.25, 0.3) is 0 Å². The van der Waals surface area contributed by atoms with Crippen molar-refractivity contribution < 1.29 is 4.39 Å². The molecule has 1 aromatic heterocycles. The number of hydrogen-bond acceptors (Lipinski definition) is 2. The lowest BCUT2D eigenvalue weighted by Crippen LogP contribution is -2.17. The van der Waals surface area contributed by atoms with E-state index in [1.54, 1.807) is 6.07 Å². The van der Waals surface area contributed by atoms with Gasteiger partial charge in [0.15, 0.2) is 0 Å². The highest BCUT2D eigenvalue weighted by Crippen LogP contribution is 2.07. The lowest BCUT2D eigenvalue weighted by atomic mass is 10.1. The highest BCUT2D eigenvalue weighted by Gasteiger charge is 2.02. The predicted molar refractivity (Wildman–Crippen MR) is 74.4 cm³/mol. The van der Waals surface area contributed by atoms with Gasteiger partial charge < -0.3 is 5.32 Å². The number of nitrogens with zero attached hydrogens (tertiary/aromatic N) is 2. The van der Waals surface area contributed by atoms with Crippen LogP contribution in [-0.4, -0.2) is 16.3 Å². The van der Waals surface area contributed by atoms with Gasteiger partial charge in [0.05, 0.1) is 5.69 Å². The molecule has 0 spiro atoms. The summed E-state index contributed by atoms with van der Waals surface area (Å²) in [6, 6.07) is 9.29. The van der Waals surface area contributed by atoms with Crippen molar-refractivity contribution >= 4 is 0 Å². The zero-order chi connectivity index (χ0) is 13.7. The zero-order valence-electron chi connectivity index (χ0n) is 11.4. The van der Waals surface area contributed by atoms with Gasteiger partial charge in [0.2, 0.25) is 0 Å². The lowest BCUT2D eigenvalue weighted by molar-refractivity contribution is 0.521. The van der Waals surface area contributed by atoms with E-state index in [0.29, 0.717) is 19.0 Å². The summed E-state index contributed by atoms with van der Waals surface area (Å²) in [5.41, 5.74) is 1.77. The van der Waals surface area contributed by atoms with E-state index < -0.39 is 0 Å². The molecule has 0 radical (unpaired) electrons. The van der Waals surface area contributed by atoms with E-state index in [-0.39, 0.29) is 5.82 Å². The molecule has 1 aromatic carbocycles. The van der Waals surface area contributed by atoms with Crippen LogP contribution in [0.3, 0.4) is 0 Å². The van der Waals surface area contributed by atoms with E-state index in [9.17, 15) is 4.39 Å². The molecule has 102 valence electrons. The van der Waals surface area contributed by atoms with Gasteiger partial charge in [-0.1, -0.05) is 18.2 Å². The summed E-state index contributed by atoms with van der Waals surface area (Å²) in [6.45, 7) is 5.66. The molecule has 3 nitrogen and oxygen atoms in total. The molecule has 2 aromatic rings. The van der Waals surface area contributed by atoms with Gasteiger partial charge in [-0.2, -0.15) is 5.10 Å². The van der Waals surface area contributed by atoms with Gasteiger partial charge in [-0.25, -0.2) is 4.39 Å². The van der Waals surface area contributed by atoms with Crippen LogP contribution in [0.1, 0.15) is 31.1 Å². The minimum absolute atomic E-state index is 0.131. The number of halogens is 1. The van der Waals surface area contributed by atoms with Gasteiger partial charge >= 0.3 is 0 Å². The van der Waals surface area contributed by atoms with E-state index in [1.165, 1.54) is 6.07 Å². The fourth-order valence-electron chi connectivity index (χ4n) is 1.90. The van der Waals surface area contributed by atoms with Crippen molar-refractivity contribution in [3.63, 3.8) is 0 Å². The topological polar surface area (TPSA) is 29.9 Å². The van der Waals surface area contributed by atoms with Crippen LogP contribution in [0.4, 0.5) is 4.39 Å². The molecule has 4 heteroatoms. The molecule has 2 rings (SSSR count). The third-order valence-electron chi connectivity index (χ3n) is 3.03. The van der Waals surface area contributed by atoms with Crippen molar-refractivity contribution in [2.45, 2.75) is 32.9 Å². The average molecular weight is 261 g/mol. The Morgan fingerprint density at radius 1 is 1.26 bits per heavy atom. The zero-order valence-corrected chi connectivity index (χ0v) is 11.4. The Labute approximate surface area is 113 Å². The van der Waals surface area contributed by atoms with Gasteiger partial charge in [0, 0.05) is 18.8 Å². The summed E-state index contributed by atoms with van der Waals surface area (Å²) >= 11 is 0. The molecule has 0 bridgehead atoms. The standard InChI is InChI=1S/C15H20FN3/c1-12(2)19-10-8-14(18-19)11-17-9-7-13-5-3-4-6-15(13)16/h3-6,8,10,12,17H,7,9,11H2,1-2H3. The maximum absolute atomic E-state index is 13.4. The van der Waals surface area contributed by atoms with E-state index >= 15 is 0 Å². The first kappa shape index (κ1) is 13.7. The molecule has 0 aliphatic carbocycles. The SMILES string of the molecule is CC(C)n1ccc(CNCCc2ccccc2F)n1. The quantitative estimate of drug-likeness (QED) is 0.810. The number of nitrogens with one attached hydrogen (secondary N) is 1. The van der Waals surface area contributed by atoms with Crippen LogP contribution in [0.2, 0.25) is 0 Å². The van der Waals surface area contributed by atoms with Crippen LogP contribution >= 0.6 is 0 Å². The number of hydrogen-bond donors (Lipinski definition) is 1. The second kappa shape index (κ2) is 6.48. The molecular formula is C15H20FN3. The maximum Gasteiger partial charge on any atom is 0.126 e. The van der Waals surface area contributed by atoms with Crippen molar-refractivity contribution in [3.05, 3.63) is 53.6 Å². The Morgan fingerprint density at radius 3 is 2.74 bits per heavy atom. The molecule has 0 unspecified atom stereocenters. The Bertz CT molecular complexity index is 520. The van der Waals surface area contributed by atoms with E-state index in [1.807, 2.05) is 29.1 Å². The van der Waals surface area contributed by atoms with E-state index in [2.05, 4.69) is 24.3 Å². The monoisotopic (exact) mass is 261 g/mol. The molecule has 0 aliphatic heterocycles. The summed E-state index contributed by atoms with van der Waals surface area (Å²) in [5.74, 6) is -0.131. The minimum atomic E-state index is -0.131. The Balaban J connectivity index is 1.76.